The fraction of sp³-hybridized carbons (Fsp3) is 0.167. The second-order valence-electron chi connectivity index (χ2n) is 5.90. The maximum atomic E-state index is 12.6. The van der Waals surface area contributed by atoms with Gasteiger partial charge in [0.2, 0.25) is 20.0 Å². The number of aliphatic carboxylic acids is 1. The van der Waals surface area contributed by atoms with Crippen LogP contribution < -0.4 is 19.7 Å². The number of carboxylic acid groups (broad SMARTS) is 1. The topological polar surface area (TPSA) is 156 Å². The average molecular weight is 439 g/mol. The molecule has 0 bridgehead atoms. The molecule has 0 aliphatic heterocycles. The minimum Gasteiger partial charge on any atom is -0.545 e. The van der Waals surface area contributed by atoms with Crippen molar-refractivity contribution < 1.29 is 31.5 Å². The monoisotopic (exact) mass is 439 g/mol. The minimum absolute atomic E-state index is 0.0343. The third-order valence-corrected chi connectivity index (χ3v) is 6.26. The predicted molar refractivity (Wildman–Crippen MR) is 104 cm³/mol. The molecule has 0 aliphatic carbocycles. The number of hydrogen-bond acceptors (Lipinski definition) is 7. The third kappa shape index (κ3) is 6.39. The van der Waals surface area contributed by atoms with Gasteiger partial charge in [-0.2, -0.15) is 0 Å². The molecule has 0 radical (unpaired) electrons. The predicted octanol–water partition coefficient (Wildman–Crippen LogP) is -0.373. The number of sulfonamides is 2. The number of ether oxygens (including phenoxy) is 1. The molecule has 156 valence electrons. The summed E-state index contributed by atoms with van der Waals surface area (Å²) in [4.78, 5) is 10.4. The van der Waals surface area contributed by atoms with E-state index in [0.717, 1.165) is 6.08 Å². The lowest BCUT2D eigenvalue weighted by Gasteiger charge is -2.12. The SMILES string of the molecule is COc1ccc(/C=C/C(=O)[O-])cc1S(=O)(=O)NCCc1ccc(S(N)(=O)=O)cc1. The van der Waals surface area contributed by atoms with Crippen molar-refractivity contribution in [2.75, 3.05) is 13.7 Å². The lowest BCUT2D eigenvalue weighted by Crippen LogP contribution is -2.26. The van der Waals surface area contributed by atoms with E-state index in [1.807, 2.05) is 0 Å². The van der Waals surface area contributed by atoms with Crippen LogP contribution in [-0.2, 0) is 31.3 Å². The number of carbonyl (C=O) groups is 1. The molecule has 2 aromatic rings. The molecule has 29 heavy (non-hydrogen) atoms. The number of methoxy groups -OCH3 is 1. The second-order valence-corrected chi connectivity index (χ2v) is 9.20. The molecule has 0 amide bonds. The van der Waals surface area contributed by atoms with Gasteiger partial charge in [-0.25, -0.2) is 26.7 Å². The first-order chi connectivity index (χ1) is 13.5. The van der Waals surface area contributed by atoms with Crippen LogP contribution in [0.5, 0.6) is 5.75 Å². The number of carboxylic acids is 1. The van der Waals surface area contributed by atoms with E-state index in [1.54, 1.807) is 12.1 Å². The standard InChI is InChI=1S/C18H20N2O7S2/c1-27-16-8-4-14(5-9-18(21)22)12-17(16)29(25,26)20-11-10-13-2-6-15(7-3-13)28(19,23)24/h2-9,12,20H,10-11H2,1H3,(H,21,22)(H2,19,23,24)/p-1/b9-5+. The van der Waals surface area contributed by atoms with E-state index < -0.39 is 26.0 Å². The third-order valence-electron chi connectivity index (χ3n) is 3.85. The van der Waals surface area contributed by atoms with Crippen LogP contribution in [0.3, 0.4) is 0 Å². The molecule has 2 rings (SSSR count). The van der Waals surface area contributed by atoms with Crippen molar-refractivity contribution in [1.82, 2.24) is 4.72 Å². The zero-order valence-electron chi connectivity index (χ0n) is 15.4. The summed E-state index contributed by atoms with van der Waals surface area (Å²) in [6.07, 6.45) is 2.30. The highest BCUT2D eigenvalue weighted by Gasteiger charge is 2.19. The minimum atomic E-state index is -3.95. The number of nitrogens with two attached hydrogens (primary N) is 1. The molecule has 3 N–H and O–H groups in total. The van der Waals surface area contributed by atoms with Gasteiger partial charge in [-0.1, -0.05) is 24.3 Å². The van der Waals surface area contributed by atoms with Crippen molar-refractivity contribution in [3.8, 4) is 5.75 Å². The Hall–Kier alpha value is -2.73. The number of primary sulfonamides is 1. The highest BCUT2D eigenvalue weighted by molar-refractivity contribution is 7.89. The Balaban J connectivity index is 2.14. The molecule has 0 aromatic heterocycles. The van der Waals surface area contributed by atoms with Gasteiger partial charge < -0.3 is 14.6 Å². The maximum Gasteiger partial charge on any atom is 0.244 e. The Labute approximate surface area is 168 Å². The summed E-state index contributed by atoms with van der Waals surface area (Å²) >= 11 is 0. The van der Waals surface area contributed by atoms with Gasteiger partial charge in [0, 0.05) is 6.54 Å². The molecule has 11 heteroatoms. The highest BCUT2D eigenvalue weighted by atomic mass is 32.2. The summed E-state index contributed by atoms with van der Waals surface area (Å²) in [5.74, 6) is -1.31. The Kier molecular flexibility index (Phi) is 7.14. The second kappa shape index (κ2) is 9.18. The zero-order chi connectivity index (χ0) is 21.7. The number of benzene rings is 2. The molecular weight excluding hydrogens is 420 g/mol. The summed E-state index contributed by atoms with van der Waals surface area (Å²) in [5.41, 5.74) is 1.05. The lowest BCUT2D eigenvalue weighted by molar-refractivity contribution is -0.297. The van der Waals surface area contributed by atoms with E-state index in [1.165, 1.54) is 43.5 Å². The molecule has 0 atom stereocenters. The van der Waals surface area contributed by atoms with Gasteiger partial charge in [-0.3, -0.25) is 0 Å². The summed E-state index contributed by atoms with van der Waals surface area (Å²) in [6.45, 7) is 0.0410. The van der Waals surface area contributed by atoms with Gasteiger partial charge in [-0.05, 0) is 47.9 Å². The van der Waals surface area contributed by atoms with E-state index in [0.29, 0.717) is 17.5 Å². The summed E-state index contributed by atoms with van der Waals surface area (Å²) in [6, 6.07) is 9.96. The van der Waals surface area contributed by atoms with Gasteiger partial charge in [0.25, 0.3) is 0 Å². The Morgan fingerprint density at radius 3 is 2.34 bits per heavy atom. The number of carbonyl (C=O) groups excluding carboxylic acids is 1. The van der Waals surface area contributed by atoms with Crippen molar-refractivity contribution in [3.05, 3.63) is 59.7 Å². The van der Waals surface area contributed by atoms with E-state index in [-0.39, 0.29) is 22.1 Å². The van der Waals surface area contributed by atoms with E-state index >= 15 is 0 Å². The molecule has 0 spiro atoms. The molecule has 9 nitrogen and oxygen atoms in total. The number of hydrogen-bond donors (Lipinski definition) is 2. The molecule has 0 fully saturated rings. The average Bonchev–Trinajstić information content (AvgIpc) is 2.65. The quantitative estimate of drug-likeness (QED) is 0.505. The van der Waals surface area contributed by atoms with E-state index in [4.69, 9.17) is 9.88 Å². The maximum absolute atomic E-state index is 12.6. The van der Waals surface area contributed by atoms with Crippen LogP contribution in [0.1, 0.15) is 11.1 Å². The van der Waals surface area contributed by atoms with Crippen molar-refractivity contribution in [1.29, 1.82) is 0 Å². The summed E-state index contributed by atoms with van der Waals surface area (Å²) < 4.78 is 55.3. The van der Waals surface area contributed by atoms with Gasteiger partial charge >= 0.3 is 0 Å². The Morgan fingerprint density at radius 1 is 1.14 bits per heavy atom. The molecule has 0 aliphatic rings. The van der Waals surface area contributed by atoms with Crippen LogP contribution in [0.4, 0.5) is 0 Å². The largest absolute Gasteiger partial charge is 0.545 e. The van der Waals surface area contributed by atoms with E-state index in [2.05, 4.69) is 4.72 Å². The Morgan fingerprint density at radius 2 is 1.79 bits per heavy atom. The molecule has 0 heterocycles. The van der Waals surface area contributed by atoms with Gasteiger partial charge in [0.05, 0.1) is 18.0 Å². The smallest absolute Gasteiger partial charge is 0.244 e. The van der Waals surface area contributed by atoms with Crippen molar-refractivity contribution in [2.45, 2.75) is 16.2 Å². The first kappa shape index (κ1) is 22.6. The van der Waals surface area contributed by atoms with E-state index in [9.17, 15) is 26.7 Å². The number of rotatable bonds is 9. The van der Waals surface area contributed by atoms with Crippen LogP contribution in [0.15, 0.2) is 58.3 Å². The molecule has 0 saturated carbocycles. The molecular formula is C18H19N2O7S2-. The van der Waals surface area contributed by atoms with Gasteiger partial charge in [-0.15, -0.1) is 0 Å². The summed E-state index contributed by atoms with van der Waals surface area (Å²) in [5, 5.41) is 15.6. The van der Waals surface area contributed by atoms with Crippen LogP contribution >= 0.6 is 0 Å². The van der Waals surface area contributed by atoms with Gasteiger partial charge in [0.15, 0.2) is 0 Å². The van der Waals surface area contributed by atoms with Crippen LogP contribution in [0.2, 0.25) is 0 Å². The normalized spacial score (nSPS) is 12.2. The van der Waals surface area contributed by atoms with Crippen LogP contribution in [0, 0.1) is 0 Å². The van der Waals surface area contributed by atoms with Crippen molar-refractivity contribution >= 4 is 32.1 Å². The first-order valence-electron chi connectivity index (χ1n) is 8.21. The lowest BCUT2D eigenvalue weighted by atomic mass is 10.2. The van der Waals surface area contributed by atoms with Gasteiger partial charge in [0.1, 0.15) is 10.6 Å². The molecule has 0 unspecified atom stereocenters. The number of nitrogens with one attached hydrogen (secondary N) is 1. The fourth-order valence-electron chi connectivity index (χ4n) is 2.42. The first-order valence-corrected chi connectivity index (χ1v) is 11.2. The van der Waals surface area contributed by atoms with Crippen molar-refractivity contribution in [2.24, 2.45) is 5.14 Å². The van der Waals surface area contributed by atoms with Crippen LogP contribution in [-0.4, -0.2) is 36.5 Å². The highest BCUT2D eigenvalue weighted by Crippen LogP contribution is 2.25. The summed E-state index contributed by atoms with van der Waals surface area (Å²) in [7, 11) is -6.43. The fourth-order valence-corrected chi connectivity index (χ4v) is 4.17. The Bertz CT molecular complexity index is 1120. The molecule has 2 aromatic carbocycles. The van der Waals surface area contributed by atoms with Crippen LogP contribution in [0.25, 0.3) is 6.08 Å². The molecule has 0 saturated heterocycles. The van der Waals surface area contributed by atoms with Crippen molar-refractivity contribution in [3.63, 3.8) is 0 Å². The zero-order valence-corrected chi connectivity index (χ0v) is 17.0.